The Bertz CT molecular complexity index is 413. The molecule has 0 aliphatic rings. The lowest BCUT2D eigenvalue weighted by Gasteiger charge is -2.18. The van der Waals surface area contributed by atoms with E-state index in [0.29, 0.717) is 5.69 Å². The molecule has 1 aromatic heterocycles. The molecule has 1 aromatic rings. The fraction of sp³-hybridized carbons (Fsp3) is 0.500. The highest BCUT2D eigenvalue weighted by molar-refractivity contribution is 5.81. The van der Waals surface area contributed by atoms with Gasteiger partial charge in [-0.1, -0.05) is 0 Å². The first kappa shape index (κ1) is 12.2. The molecule has 1 amide bonds. The average Bonchev–Trinajstić information content (AvgIpc) is 2.16. The Hall–Kier alpha value is -1.85. The van der Waals surface area contributed by atoms with Crippen molar-refractivity contribution in [2.75, 3.05) is 18.5 Å². The lowest BCUT2D eigenvalue weighted by atomic mass is 10.3. The summed E-state index contributed by atoms with van der Waals surface area (Å²) in [6, 6.07) is 1.51. The van der Waals surface area contributed by atoms with E-state index in [1.807, 2.05) is 13.8 Å². The molecule has 0 aromatic carbocycles. The lowest BCUT2D eigenvalue weighted by Crippen LogP contribution is -2.38. The second-order valence-corrected chi connectivity index (χ2v) is 3.88. The third-order valence-electron chi connectivity index (χ3n) is 1.92. The van der Waals surface area contributed by atoms with E-state index in [0.717, 1.165) is 0 Å². The van der Waals surface area contributed by atoms with Gasteiger partial charge in [0.25, 0.3) is 5.56 Å². The maximum atomic E-state index is 11.5. The van der Waals surface area contributed by atoms with Crippen molar-refractivity contribution in [3.05, 3.63) is 22.6 Å². The predicted molar refractivity (Wildman–Crippen MR) is 61.4 cm³/mol. The molecule has 88 valence electrons. The SMILES string of the molecule is CC(C)NC(=O)CN(C)c1cn[nH]c(=O)c1. The van der Waals surface area contributed by atoms with Crippen LogP contribution in [-0.2, 0) is 4.79 Å². The summed E-state index contributed by atoms with van der Waals surface area (Å²) in [5, 5.41) is 8.71. The van der Waals surface area contributed by atoms with Crippen molar-refractivity contribution in [2.45, 2.75) is 19.9 Å². The first-order chi connectivity index (χ1) is 7.49. The van der Waals surface area contributed by atoms with Crippen LogP contribution in [0.3, 0.4) is 0 Å². The first-order valence-corrected chi connectivity index (χ1v) is 5.04. The Morgan fingerprint density at radius 2 is 2.31 bits per heavy atom. The van der Waals surface area contributed by atoms with E-state index >= 15 is 0 Å². The van der Waals surface area contributed by atoms with Crippen LogP contribution in [-0.4, -0.2) is 35.7 Å². The van der Waals surface area contributed by atoms with Crippen LogP contribution in [0.25, 0.3) is 0 Å². The van der Waals surface area contributed by atoms with Crippen molar-refractivity contribution < 1.29 is 4.79 Å². The number of carbonyl (C=O) groups is 1. The first-order valence-electron chi connectivity index (χ1n) is 5.04. The van der Waals surface area contributed by atoms with Crippen LogP contribution in [0.2, 0.25) is 0 Å². The fourth-order valence-corrected chi connectivity index (χ4v) is 1.25. The Labute approximate surface area is 93.7 Å². The number of rotatable bonds is 4. The van der Waals surface area contributed by atoms with Gasteiger partial charge in [0.15, 0.2) is 0 Å². The zero-order chi connectivity index (χ0) is 12.1. The van der Waals surface area contributed by atoms with Crippen molar-refractivity contribution in [3.8, 4) is 0 Å². The number of anilines is 1. The topological polar surface area (TPSA) is 78.1 Å². The molecular formula is C10H16N4O2. The zero-order valence-corrected chi connectivity index (χ0v) is 9.65. The second kappa shape index (κ2) is 5.29. The summed E-state index contributed by atoms with van der Waals surface area (Å²) in [7, 11) is 1.73. The van der Waals surface area contributed by atoms with Crippen LogP contribution < -0.4 is 15.8 Å². The summed E-state index contributed by atoms with van der Waals surface area (Å²) >= 11 is 0. The van der Waals surface area contributed by atoms with Gasteiger partial charge in [-0.15, -0.1) is 0 Å². The number of hydrogen-bond donors (Lipinski definition) is 2. The van der Waals surface area contributed by atoms with Crippen molar-refractivity contribution in [2.24, 2.45) is 0 Å². The lowest BCUT2D eigenvalue weighted by molar-refractivity contribution is -0.120. The molecule has 1 heterocycles. The number of carbonyl (C=O) groups excluding carboxylic acids is 1. The number of hydrogen-bond acceptors (Lipinski definition) is 4. The largest absolute Gasteiger partial charge is 0.364 e. The van der Waals surface area contributed by atoms with Gasteiger partial charge in [-0.05, 0) is 13.8 Å². The van der Waals surface area contributed by atoms with Gasteiger partial charge in [-0.25, -0.2) is 5.10 Å². The van der Waals surface area contributed by atoms with E-state index in [9.17, 15) is 9.59 Å². The number of nitrogens with zero attached hydrogens (tertiary/aromatic N) is 2. The summed E-state index contributed by atoms with van der Waals surface area (Å²) in [5.74, 6) is -0.0854. The van der Waals surface area contributed by atoms with Gasteiger partial charge < -0.3 is 10.2 Å². The molecule has 16 heavy (non-hydrogen) atoms. The minimum atomic E-state index is -0.284. The molecule has 0 spiro atoms. The van der Waals surface area contributed by atoms with Crippen LogP contribution in [0.1, 0.15) is 13.8 Å². The van der Waals surface area contributed by atoms with E-state index < -0.39 is 0 Å². The second-order valence-electron chi connectivity index (χ2n) is 3.88. The number of nitrogens with one attached hydrogen (secondary N) is 2. The van der Waals surface area contributed by atoms with Gasteiger partial charge >= 0.3 is 0 Å². The van der Waals surface area contributed by atoms with Crippen LogP contribution in [0.15, 0.2) is 17.1 Å². The Morgan fingerprint density at radius 3 is 2.88 bits per heavy atom. The molecule has 2 N–H and O–H groups in total. The normalized spacial score (nSPS) is 10.2. The van der Waals surface area contributed by atoms with Gasteiger partial charge in [0.1, 0.15) is 0 Å². The van der Waals surface area contributed by atoms with Crippen LogP contribution in [0.4, 0.5) is 5.69 Å². The molecule has 1 rings (SSSR count). The molecule has 6 nitrogen and oxygen atoms in total. The van der Waals surface area contributed by atoms with Gasteiger partial charge in [0.05, 0.1) is 18.4 Å². The Kier molecular flexibility index (Phi) is 4.04. The summed E-state index contributed by atoms with van der Waals surface area (Å²) in [5.41, 5.74) is 0.330. The van der Waals surface area contributed by atoms with Gasteiger partial charge in [-0.2, -0.15) is 5.10 Å². The molecule has 0 bridgehead atoms. The third-order valence-corrected chi connectivity index (χ3v) is 1.92. The van der Waals surface area contributed by atoms with Gasteiger partial charge in [0, 0.05) is 19.2 Å². The van der Waals surface area contributed by atoms with E-state index in [1.165, 1.54) is 12.3 Å². The standard InChI is InChI=1S/C10H16N4O2/c1-7(2)12-10(16)6-14(3)8-4-9(15)13-11-5-8/h4-5,7H,6H2,1-3H3,(H,12,16)(H,13,15). The molecule has 0 saturated heterocycles. The van der Waals surface area contributed by atoms with Gasteiger partial charge in [-0.3, -0.25) is 9.59 Å². The molecule has 0 unspecified atom stereocenters. The minimum absolute atomic E-state index is 0.0854. The molecule has 0 radical (unpaired) electrons. The summed E-state index contributed by atoms with van der Waals surface area (Å²) in [6.45, 7) is 3.99. The summed E-state index contributed by atoms with van der Waals surface area (Å²) in [4.78, 5) is 24.1. The number of likely N-dealkylation sites (N-methyl/N-ethyl adjacent to an activating group) is 1. The fourth-order valence-electron chi connectivity index (χ4n) is 1.25. The maximum Gasteiger partial charge on any atom is 0.266 e. The molecule has 0 saturated carbocycles. The van der Waals surface area contributed by atoms with Crippen molar-refractivity contribution in [1.29, 1.82) is 0 Å². The van der Waals surface area contributed by atoms with Crippen molar-refractivity contribution in [1.82, 2.24) is 15.5 Å². The molecule has 0 atom stereocenters. The Morgan fingerprint density at radius 1 is 1.62 bits per heavy atom. The third kappa shape index (κ3) is 3.72. The van der Waals surface area contributed by atoms with E-state index in [1.54, 1.807) is 11.9 Å². The van der Waals surface area contributed by atoms with Crippen LogP contribution >= 0.6 is 0 Å². The average molecular weight is 224 g/mol. The van der Waals surface area contributed by atoms with E-state index in [4.69, 9.17) is 0 Å². The highest BCUT2D eigenvalue weighted by Gasteiger charge is 2.08. The molecule has 0 aliphatic carbocycles. The number of aromatic amines is 1. The summed E-state index contributed by atoms with van der Waals surface area (Å²) < 4.78 is 0. The van der Waals surface area contributed by atoms with Crippen LogP contribution in [0.5, 0.6) is 0 Å². The smallest absolute Gasteiger partial charge is 0.266 e. The molecule has 0 fully saturated rings. The van der Waals surface area contributed by atoms with Crippen LogP contribution in [0, 0.1) is 0 Å². The van der Waals surface area contributed by atoms with Gasteiger partial charge in [0.2, 0.25) is 5.91 Å². The predicted octanol–water partition coefficient (Wildman–Crippen LogP) is -0.269. The maximum absolute atomic E-state index is 11.5. The Balaban J connectivity index is 2.62. The number of aromatic nitrogens is 2. The van der Waals surface area contributed by atoms with E-state index in [-0.39, 0.29) is 24.1 Å². The highest BCUT2D eigenvalue weighted by atomic mass is 16.2. The molecule has 6 heteroatoms. The summed E-state index contributed by atoms with van der Waals surface area (Å²) in [6.07, 6.45) is 1.50. The molecular weight excluding hydrogens is 208 g/mol. The number of H-pyrrole nitrogens is 1. The van der Waals surface area contributed by atoms with Crippen molar-refractivity contribution >= 4 is 11.6 Å². The highest BCUT2D eigenvalue weighted by Crippen LogP contribution is 2.05. The monoisotopic (exact) mass is 224 g/mol. The minimum Gasteiger partial charge on any atom is -0.364 e. The molecule has 0 aliphatic heterocycles. The van der Waals surface area contributed by atoms with Crippen molar-refractivity contribution in [3.63, 3.8) is 0 Å². The van der Waals surface area contributed by atoms with E-state index in [2.05, 4.69) is 15.5 Å². The zero-order valence-electron chi connectivity index (χ0n) is 9.65. The quantitative estimate of drug-likeness (QED) is 0.738. The number of amides is 1.